The molecule has 1 rings (SSSR count). The van der Waals surface area contributed by atoms with Crippen LogP contribution in [0, 0.1) is 0 Å². The molecule has 0 saturated heterocycles. The molecule has 1 atom stereocenters. The van der Waals surface area contributed by atoms with Gasteiger partial charge in [0, 0.05) is 13.5 Å². The third-order valence-electron chi connectivity index (χ3n) is 2.20. The molecule has 0 saturated carbocycles. The number of hydrogen-bond donors (Lipinski definition) is 4. The minimum atomic E-state index is -0.953. The van der Waals surface area contributed by atoms with Crippen LogP contribution in [0.5, 0.6) is 0 Å². The first-order valence-electron chi connectivity index (χ1n) is 5.14. The van der Waals surface area contributed by atoms with Crippen molar-refractivity contribution in [2.45, 2.75) is 12.5 Å². The predicted molar refractivity (Wildman–Crippen MR) is 65.4 cm³/mol. The third-order valence-corrected chi connectivity index (χ3v) is 2.20. The van der Waals surface area contributed by atoms with Crippen LogP contribution < -0.4 is 16.6 Å². The lowest BCUT2D eigenvalue weighted by Gasteiger charge is -2.15. The van der Waals surface area contributed by atoms with Gasteiger partial charge in [-0.05, 0) is 5.56 Å². The summed E-state index contributed by atoms with van der Waals surface area (Å²) in [6, 6.07) is 8.58. The normalized spacial score (nSPS) is 13.1. The number of nitrogens with one attached hydrogen (secondary N) is 2. The molecule has 0 bridgehead atoms. The molecule has 6 nitrogen and oxygen atoms in total. The highest BCUT2D eigenvalue weighted by Gasteiger charge is 2.17. The summed E-state index contributed by atoms with van der Waals surface area (Å²) in [5.74, 6) is -0.811. The lowest BCUT2D eigenvalue weighted by Crippen LogP contribution is -2.51. The molecule has 6 heteroatoms. The molecule has 0 heterocycles. The van der Waals surface area contributed by atoms with Crippen molar-refractivity contribution < 1.29 is 9.90 Å². The van der Waals surface area contributed by atoms with E-state index < -0.39 is 12.0 Å². The van der Waals surface area contributed by atoms with Crippen LogP contribution in [0.1, 0.15) is 5.56 Å². The van der Waals surface area contributed by atoms with E-state index in [1.54, 1.807) is 0 Å². The van der Waals surface area contributed by atoms with Gasteiger partial charge in [-0.25, -0.2) is 5.43 Å². The third kappa shape index (κ3) is 4.52. The Bertz CT molecular complexity index is 392. The van der Waals surface area contributed by atoms with E-state index in [9.17, 15) is 4.79 Å². The Morgan fingerprint density at radius 3 is 2.65 bits per heavy atom. The second-order valence-corrected chi connectivity index (χ2v) is 3.46. The number of nitrogens with two attached hydrogens (primary N) is 1. The second kappa shape index (κ2) is 6.49. The Balaban J connectivity index is 2.58. The summed E-state index contributed by atoms with van der Waals surface area (Å²) in [7, 11) is 1.51. The van der Waals surface area contributed by atoms with Crippen LogP contribution >= 0.6 is 0 Å². The van der Waals surface area contributed by atoms with Crippen molar-refractivity contribution in [3.8, 4) is 0 Å². The van der Waals surface area contributed by atoms with Gasteiger partial charge in [0.15, 0.2) is 0 Å². The fourth-order valence-corrected chi connectivity index (χ4v) is 1.27. The molecule has 0 aliphatic rings. The Morgan fingerprint density at radius 1 is 1.47 bits per heavy atom. The average molecular weight is 236 g/mol. The fraction of sp³-hybridized carbons (Fsp3) is 0.273. The maximum Gasteiger partial charge on any atom is 0.322 e. The van der Waals surface area contributed by atoms with Crippen LogP contribution in [-0.2, 0) is 11.2 Å². The molecule has 0 amide bonds. The zero-order chi connectivity index (χ0) is 12.7. The molecule has 1 aromatic carbocycles. The molecule has 92 valence electrons. The zero-order valence-electron chi connectivity index (χ0n) is 9.55. The summed E-state index contributed by atoms with van der Waals surface area (Å²) < 4.78 is 0. The summed E-state index contributed by atoms with van der Waals surface area (Å²) in [6.07, 6.45) is 0.361. The standard InChI is InChI=1S/C11H16N4O2/c1-13-11(12)15-14-9(10(16)17)7-8-5-3-2-4-6-8/h2-6,9,14H,7H2,1H3,(H,16,17)(H3,12,13,15). The quantitative estimate of drug-likeness (QED) is 0.320. The number of benzene rings is 1. The summed E-state index contributed by atoms with van der Waals surface area (Å²) >= 11 is 0. The molecule has 17 heavy (non-hydrogen) atoms. The summed E-state index contributed by atoms with van der Waals surface area (Å²) in [5, 5.41) is 9.04. The van der Waals surface area contributed by atoms with Crippen LogP contribution in [0.15, 0.2) is 35.3 Å². The van der Waals surface area contributed by atoms with Gasteiger partial charge in [0.25, 0.3) is 0 Å². The number of hydrogen-bond acceptors (Lipinski definition) is 3. The largest absolute Gasteiger partial charge is 0.480 e. The number of carboxylic acid groups (broad SMARTS) is 1. The van der Waals surface area contributed by atoms with E-state index in [4.69, 9.17) is 10.8 Å². The molecule has 0 fully saturated rings. The molecular weight excluding hydrogens is 220 g/mol. The first-order valence-corrected chi connectivity index (χ1v) is 5.14. The van der Waals surface area contributed by atoms with Gasteiger partial charge in [-0.2, -0.15) is 0 Å². The number of aliphatic carboxylic acids is 1. The molecule has 0 aliphatic carbocycles. The summed E-state index contributed by atoms with van der Waals surface area (Å²) in [6.45, 7) is 0. The first-order chi connectivity index (χ1) is 8.13. The minimum absolute atomic E-state index is 0.143. The molecule has 1 aromatic rings. The summed E-state index contributed by atoms with van der Waals surface area (Å²) in [5.41, 5.74) is 11.5. The van der Waals surface area contributed by atoms with E-state index in [-0.39, 0.29) is 5.96 Å². The Morgan fingerprint density at radius 2 is 2.12 bits per heavy atom. The van der Waals surface area contributed by atoms with Gasteiger partial charge in [0.2, 0.25) is 5.96 Å². The van der Waals surface area contributed by atoms with Crippen molar-refractivity contribution in [3.05, 3.63) is 35.9 Å². The van der Waals surface area contributed by atoms with Crippen molar-refractivity contribution in [1.29, 1.82) is 0 Å². The Labute approximate surface area is 99.5 Å². The van der Waals surface area contributed by atoms with Gasteiger partial charge in [0.05, 0.1) is 0 Å². The smallest absolute Gasteiger partial charge is 0.322 e. The van der Waals surface area contributed by atoms with Crippen LogP contribution in [-0.4, -0.2) is 30.1 Å². The number of hydrazine groups is 1. The van der Waals surface area contributed by atoms with Gasteiger partial charge >= 0.3 is 5.97 Å². The highest BCUT2D eigenvalue weighted by atomic mass is 16.4. The van der Waals surface area contributed by atoms with Gasteiger partial charge in [-0.1, -0.05) is 30.3 Å². The number of aliphatic imine (C=N–C) groups is 1. The van der Waals surface area contributed by atoms with E-state index in [0.717, 1.165) is 5.56 Å². The molecular formula is C11H16N4O2. The second-order valence-electron chi connectivity index (χ2n) is 3.46. The van der Waals surface area contributed by atoms with Gasteiger partial charge in [-0.3, -0.25) is 15.2 Å². The van der Waals surface area contributed by atoms with E-state index in [1.165, 1.54) is 7.05 Å². The topological polar surface area (TPSA) is 99.7 Å². The first kappa shape index (κ1) is 13.0. The minimum Gasteiger partial charge on any atom is -0.480 e. The monoisotopic (exact) mass is 236 g/mol. The van der Waals surface area contributed by atoms with Crippen LogP contribution in [0.2, 0.25) is 0 Å². The lowest BCUT2D eigenvalue weighted by atomic mass is 10.1. The van der Waals surface area contributed by atoms with E-state index in [2.05, 4.69) is 15.8 Å². The lowest BCUT2D eigenvalue weighted by molar-refractivity contribution is -0.139. The van der Waals surface area contributed by atoms with E-state index in [0.29, 0.717) is 6.42 Å². The van der Waals surface area contributed by atoms with E-state index >= 15 is 0 Å². The molecule has 0 spiro atoms. The highest BCUT2D eigenvalue weighted by molar-refractivity contribution is 5.78. The van der Waals surface area contributed by atoms with Crippen LogP contribution in [0.4, 0.5) is 0 Å². The number of guanidine groups is 1. The maximum absolute atomic E-state index is 11.0. The summed E-state index contributed by atoms with van der Waals surface area (Å²) in [4.78, 5) is 14.7. The van der Waals surface area contributed by atoms with Crippen LogP contribution in [0.3, 0.4) is 0 Å². The number of carboxylic acids is 1. The average Bonchev–Trinajstić information content (AvgIpc) is 2.34. The molecule has 0 aliphatic heterocycles. The predicted octanol–water partition coefficient (Wildman–Crippen LogP) is -0.279. The van der Waals surface area contributed by atoms with Gasteiger partial charge in [-0.15, -0.1) is 0 Å². The van der Waals surface area contributed by atoms with Gasteiger partial charge in [0.1, 0.15) is 6.04 Å². The van der Waals surface area contributed by atoms with Crippen molar-refractivity contribution in [3.63, 3.8) is 0 Å². The van der Waals surface area contributed by atoms with Crippen molar-refractivity contribution in [2.75, 3.05) is 7.05 Å². The zero-order valence-corrected chi connectivity index (χ0v) is 9.55. The highest BCUT2D eigenvalue weighted by Crippen LogP contribution is 2.02. The number of rotatable bonds is 5. The van der Waals surface area contributed by atoms with Crippen molar-refractivity contribution >= 4 is 11.9 Å². The Kier molecular flexibility index (Phi) is 4.96. The molecule has 0 aromatic heterocycles. The van der Waals surface area contributed by atoms with Crippen molar-refractivity contribution in [1.82, 2.24) is 10.9 Å². The van der Waals surface area contributed by atoms with Crippen molar-refractivity contribution in [2.24, 2.45) is 10.7 Å². The Hall–Kier alpha value is -2.08. The number of nitrogens with zero attached hydrogens (tertiary/aromatic N) is 1. The van der Waals surface area contributed by atoms with Gasteiger partial charge < -0.3 is 10.8 Å². The van der Waals surface area contributed by atoms with E-state index in [1.807, 2.05) is 30.3 Å². The van der Waals surface area contributed by atoms with Crippen LogP contribution in [0.25, 0.3) is 0 Å². The molecule has 5 N–H and O–H groups in total. The number of carbonyl (C=O) groups is 1. The SMILES string of the molecule is CN=C(N)NNC(Cc1ccccc1)C(=O)O. The molecule has 0 radical (unpaired) electrons. The fourth-order valence-electron chi connectivity index (χ4n) is 1.27. The maximum atomic E-state index is 11.0. The molecule has 1 unspecified atom stereocenters.